The predicted molar refractivity (Wildman–Crippen MR) is 88.3 cm³/mol. The summed E-state index contributed by atoms with van der Waals surface area (Å²) in [5.41, 5.74) is 0. The minimum atomic E-state index is -0.195. The maximum absolute atomic E-state index is 11.5. The summed E-state index contributed by atoms with van der Waals surface area (Å²) in [7, 11) is 0. The Labute approximate surface area is 135 Å². The first-order valence-electron chi connectivity index (χ1n) is 8.74. The molecule has 0 aromatic rings. The Balaban J connectivity index is 3.53. The zero-order chi connectivity index (χ0) is 16.6. The summed E-state index contributed by atoms with van der Waals surface area (Å²) in [6, 6.07) is 0. The van der Waals surface area contributed by atoms with Gasteiger partial charge in [0.2, 0.25) is 0 Å². The molecule has 0 heterocycles. The highest BCUT2D eigenvalue weighted by atomic mass is 16.5. The van der Waals surface area contributed by atoms with Crippen molar-refractivity contribution < 1.29 is 19.1 Å². The summed E-state index contributed by atoms with van der Waals surface area (Å²) in [5.74, 6) is -0.564. The first kappa shape index (κ1) is 20.9. The zero-order valence-corrected chi connectivity index (χ0v) is 14.4. The second-order valence-electron chi connectivity index (χ2n) is 5.85. The molecule has 4 nitrogen and oxygen atoms in total. The van der Waals surface area contributed by atoms with Crippen LogP contribution in [0.15, 0.2) is 0 Å². The Morgan fingerprint density at radius 3 is 1.55 bits per heavy atom. The van der Waals surface area contributed by atoms with Crippen molar-refractivity contribution in [3.63, 3.8) is 0 Å². The van der Waals surface area contributed by atoms with Crippen LogP contribution in [0.1, 0.15) is 78.1 Å². The molecule has 0 aliphatic carbocycles. The van der Waals surface area contributed by atoms with E-state index in [4.69, 9.17) is 9.47 Å². The van der Waals surface area contributed by atoms with Crippen LogP contribution in [-0.2, 0) is 19.1 Å². The summed E-state index contributed by atoms with van der Waals surface area (Å²) in [6.07, 6.45) is 9.42. The van der Waals surface area contributed by atoms with E-state index in [1.165, 1.54) is 0 Å². The fourth-order valence-corrected chi connectivity index (χ4v) is 2.01. The zero-order valence-electron chi connectivity index (χ0n) is 14.4. The number of rotatable bonds is 14. The maximum Gasteiger partial charge on any atom is 0.305 e. The lowest BCUT2D eigenvalue weighted by Crippen LogP contribution is -2.18. The first-order chi connectivity index (χ1) is 10.6. The van der Waals surface area contributed by atoms with Gasteiger partial charge in [0.1, 0.15) is 0 Å². The van der Waals surface area contributed by atoms with Gasteiger partial charge in [-0.1, -0.05) is 52.4 Å². The smallest absolute Gasteiger partial charge is 0.305 e. The van der Waals surface area contributed by atoms with Gasteiger partial charge >= 0.3 is 11.9 Å². The van der Waals surface area contributed by atoms with Crippen molar-refractivity contribution in [2.24, 2.45) is 5.92 Å². The Hall–Kier alpha value is -1.06. The van der Waals surface area contributed by atoms with Crippen molar-refractivity contribution in [3.05, 3.63) is 6.92 Å². The van der Waals surface area contributed by atoms with E-state index in [9.17, 15) is 9.59 Å². The lowest BCUT2D eigenvalue weighted by molar-refractivity contribution is -0.148. The molecule has 22 heavy (non-hydrogen) atoms. The van der Waals surface area contributed by atoms with E-state index >= 15 is 0 Å². The summed E-state index contributed by atoms with van der Waals surface area (Å²) in [5, 5.41) is 0. The van der Waals surface area contributed by atoms with Crippen LogP contribution in [0, 0.1) is 12.8 Å². The summed E-state index contributed by atoms with van der Waals surface area (Å²) < 4.78 is 10.3. The molecule has 0 aliphatic rings. The Morgan fingerprint density at radius 1 is 0.773 bits per heavy atom. The number of ether oxygens (including phenoxy) is 2. The Kier molecular flexibility index (Phi) is 14.1. The van der Waals surface area contributed by atoms with Crippen LogP contribution in [0.5, 0.6) is 0 Å². The van der Waals surface area contributed by atoms with E-state index in [1.54, 1.807) is 0 Å². The molecule has 0 saturated carbocycles. The second-order valence-corrected chi connectivity index (χ2v) is 5.85. The number of carbonyl (C=O) groups is 2. The Bertz CT molecular complexity index is 261. The van der Waals surface area contributed by atoms with Gasteiger partial charge in [-0.15, -0.1) is 0 Å². The van der Waals surface area contributed by atoms with Crippen molar-refractivity contribution in [3.8, 4) is 0 Å². The highest BCUT2D eigenvalue weighted by Gasteiger charge is 2.10. The lowest BCUT2D eigenvalue weighted by atomic mass is 10.1. The third kappa shape index (κ3) is 13.9. The Morgan fingerprint density at radius 2 is 1.18 bits per heavy atom. The molecule has 0 aliphatic heterocycles. The molecule has 0 fully saturated rings. The van der Waals surface area contributed by atoms with Gasteiger partial charge in [-0.3, -0.25) is 9.59 Å². The van der Waals surface area contributed by atoms with Crippen molar-refractivity contribution in [1.29, 1.82) is 0 Å². The van der Waals surface area contributed by atoms with Crippen LogP contribution < -0.4 is 0 Å². The van der Waals surface area contributed by atoms with Crippen molar-refractivity contribution in [2.75, 3.05) is 13.2 Å². The van der Waals surface area contributed by atoms with Gasteiger partial charge in [0.05, 0.1) is 13.2 Å². The topological polar surface area (TPSA) is 52.6 Å². The van der Waals surface area contributed by atoms with Crippen LogP contribution >= 0.6 is 0 Å². The number of esters is 2. The van der Waals surface area contributed by atoms with E-state index in [2.05, 4.69) is 20.8 Å². The fourth-order valence-electron chi connectivity index (χ4n) is 2.01. The quantitative estimate of drug-likeness (QED) is 0.351. The molecule has 0 amide bonds. The van der Waals surface area contributed by atoms with Crippen LogP contribution in [-0.4, -0.2) is 25.2 Å². The first-order valence-corrected chi connectivity index (χ1v) is 8.74. The number of unbranched alkanes of at least 4 members (excludes halogenated alkanes) is 6. The molecular weight excluding hydrogens is 280 g/mol. The van der Waals surface area contributed by atoms with Crippen molar-refractivity contribution in [2.45, 2.75) is 78.1 Å². The molecule has 4 heteroatoms. The molecule has 0 atom stereocenters. The largest absolute Gasteiger partial charge is 0.465 e. The monoisotopic (exact) mass is 313 g/mol. The van der Waals surface area contributed by atoms with Crippen molar-refractivity contribution >= 4 is 11.9 Å². The minimum absolute atomic E-state index is 0.185. The predicted octanol–water partition coefficient (Wildman–Crippen LogP) is 4.46. The van der Waals surface area contributed by atoms with Crippen LogP contribution in [0.25, 0.3) is 0 Å². The molecule has 0 saturated heterocycles. The summed E-state index contributed by atoms with van der Waals surface area (Å²) in [4.78, 5) is 23.0. The van der Waals surface area contributed by atoms with Gasteiger partial charge in [-0.05, 0) is 19.8 Å². The molecule has 129 valence electrons. The van der Waals surface area contributed by atoms with Crippen LogP contribution in [0.2, 0.25) is 0 Å². The minimum Gasteiger partial charge on any atom is -0.465 e. The lowest BCUT2D eigenvalue weighted by Gasteiger charge is -2.12. The molecule has 0 spiro atoms. The number of hydrogen-bond acceptors (Lipinski definition) is 4. The summed E-state index contributed by atoms with van der Waals surface area (Å²) in [6.45, 7) is 8.55. The average molecular weight is 313 g/mol. The second kappa shape index (κ2) is 14.9. The molecular formula is C18H33O4. The van der Waals surface area contributed by atoms with E-state index < -0.39 is 0 Å². The van der Waals surface area contributed by atoms with E-state index in [-0.39, 0.29) is 31.1 Å². The molecule has 0 N–H and O–H groups in total. The molecule has 0 aromatic heterocycles. The SMILES string of the molecule is [CH2]C(COC(=O)CCCCCC)COC(=O)CCCCCC. The van der Waals surface area contributed by atoms with Gasteiger partial charge in [-0.25, -0.2) is 0 Å². The van der Waals surface area contributed by atoms with Crippen LogP contribution in [0.3, 0.4) is 0 Å². The molecule has 0 unspecified atom stereocenters. The van der Waals surface area contributed by atoms with Crippen molar-refractivity contribution in [1.82, 2.24) is 0 Å². The maximum atomic E-state index is 11.5. The van der Waals surface area contributed by atoms with Gasteiger partial charge in [0.15, 0.2) is 0 Å². The fraction of sp³-hybridized carbons (Fsp3) is 0.833. The molecule has 0 rings (SSSR count). The van der Waals surface area contributed by atoms with Gasteiger partial charge in [0.25, 0.3) is 0 Å². The third-order valence-electron chi connectivity index (χ3n) is 3.43. The third-order valence-corrected chi connectivity index (χ3v) is 3.43. The molecule has 0 bridgehead atoms. The van der Waals surface area contributed by atoms with E-state index in [0.717, 1.165) is 51.4 Å². The van der Waals surface area contributed by atoms with E-state index in [1.807, 2.05) is 0 Å². The standard InChI is InChI=1S/C18H33O4/c1-4-6-8-10-12-17(19)21-14-16(3)15-22-18(20)13-11-9-7-5-2/h16H,3-15H2,1-2H3. The highest BCUT2D eigenvalue weighted by molar-refractivity contribution is 5.69. The molecule has 1 radical (unpaired) electrons. The number of hydrogen-bond donors (Lipinski definition) is 0. The highest BCUT2D eigenvalue weighted by Crippen LogP contribution is 2.07. The van der Waals surface area contributed by atoms with Gasteiger partial charge in [0, 0.05) is 18.8 Å². The normalized spacial score (nSPS) is 10.7. The average Bonchev–Trinajstić information content (AvgIpc) is 2.51. The van der Waals surface area contributed by atoms with Gasteiger partial charge < -0.3 is 9.47 Å². The van der Waals surface area contributed by atoms with E-state index in [0.29, 0.717) is 12.8 Å². The molecule has 0 aromatic carbocycles. The van der Waals surface area contributed by atoms with Crippen LogP contribution in [0.4, 0.5) is 0 Å². The summed E-state index contributed by atoms with van der Waals surface area (Å²) >= 11 is 0. The number of carbonyl (C=O) groups excluding carboxylic acids is 2. The van der Waals surface area contributed by atoms with Gasteiger partial charge in [-0.2, -0.15) is 0 Å².